The summed E-state index contributed by atoms with van der Waals surface area (Å²) in [5, 5.41) is 4.08. The van der Waals surface area contributed by atoms with Gasteiger partial charge in [0.1, 0.15) is 5.75 Å². The number of aromatic nitrogens is 2. The number of ether oxygens (including phenoxy) is 3. The van der Waals surface area contributed by atoms with E-state index in [1.807, 2.05) is 30.3 Å². The van der Waals surface area contributed by atoms with Crippen LogP contribution in [0.4, 0.5) is 0 Å². The second-order valence-corrected chi connectivity index (χ2v) is 5.41. The van der Waals surface area contributed by atoms with Crippen molar-refractivity contribution in [3.05, 3.63) is 42.0 Å². The Morgan fingerprint density at radius 1 is 0.826 bits per heavy atom. The van der Waals surface area contributed by atoms with Crippen LogP contribution in [0, 0.1) is 0 Å². The van der Waals surface area contributed by atoms with Gasteiger partial charge in [-0.25, -0.2) is 0 Å². The van der Waals surface area contributed by atoms with Gasteiger partial charge in [0.05, 0.1) is 6.61 Å². The summed E-state index contributed by atoms with van der Waals surface area (Å²) in [7, 11) is 0. The van der Waals surface area contributed by atoms with Crippen molar-refractivity contribution in [1.82, 2.24) is 10.1 Å². The molecule has 6 nitrogen and oxygen atoms in total. The van der Waals surface area contributed by atoms with Crippen LogP contribution in [0.1, 0.15) is 5.56 Å². The van der Waals surface area contributed by atoms with Gasteiger partial charge in [-0.1, -0.05) is 5.16 Å². The van der Waals surface area contributed by atoms with Crippen molar-refractivity contribution in [1.29, 1.82) is 0 Å². The third-order valence-corrected chi connectivity index (χ3v) is 3.99. The fraction of sp³-hybridized carbons (Fsp3) is 0.176. The van der Waals surface area contributed by atoms with Crippen molar-refractivity contribution in [3.8, 4) is 40.1 Å². The van der Waals surface area contributed by atoms with Gasteiger partial charge in [0, 0.05) is 17.5 Å². The minimum absolute atomic E-state index is 0.241. The van der Waals surface area contributed by atoms with E-state index in [2.05, 4.69) is 16.2 Å². The monoisotopic (exact) mass is 308 g/mol. The highest BCUT2D eigenvalue weighted by Gasteiger charge is 2.18. The van der Waals surface area contributed by atoms with Crippen molar-refractivity contribution in [3.63, 3.8) is 0 Å². The number of fused-ring (bicyclic) bond motifs is 2. The van der Waals surface area contributed by atoms with Gasteiger partial charge in [-0.2, -0.15) is 4.98 Å². The van der Waals surface area contributed by atoms with Gasteiger partial charge in [0.2, 0.25) is 12.6 Å². The van der Waals surface area contributed by atoms with E-state index in [4.69, 9.17) is 18.7 Å². The first-order valence-corrected chi connectivity index (χ1v) is 7.37. The number of hydrogen-bond acceptors (Lipinski definition) is 6. The molecule has 0 bridgehead atoms. The quantitative estimate of drug-likeness (QED) is 0.725. The lowest BCUT2D eigenvalue weighted by molar-refractivity contribution is 0.174. The summed E-state index contributed by atoms with van der Waals surface area (Å²) in [6, 6.07) is 11.5. The summed E-state index contributed by atoms with van der Waals surface area (Å²) >= 11 is 0. The van der Waals surface area contributed by atoms with E-state index in [0.29, 0.717) is 17.5 Å². The van der Waals surface area contributed by atoms with E-state index in [1.165, 1.54) is 5.56 Å². The van der Waals surface area contributed by atoms with Crippen LogP contribution in [0.5, 0.6) is 17.2 Å². The largest absolute Gasteiger partial charge is 0.493 e. The Morgan fingerprint density at radius 2 is 1.70 bits per heavy atom. The molecule has 0 atom stereocenters. The van der Waals surface area contributed by atoms with Gasteiger partial charge in [-0.05, 0) is 42.0 Å². The summed E-state index contributed by atoms with van der Waals surface area (Å²) in [4.78, 5) is 4.49. The zero-order valence-electron chi connectivity index (χ0n) is 12.1. The summed E-state index contributed by atoms with van der Waals surface area (Å²) in [6.45, 7) is 0.971. The Balaban J connectivity index is 1.51. The highest BCUT2D eigenvalue weighted by Crippen LogP contribution is 2.36. The third kappa shape index (κ3) is 2.03. The molecule has 3 heterocycles. The molecule has 2 aliphatic rings. The molecule has 0 spiro atoms. The summed E-state index contributed by atoms with van der Waals surface area (Å²) in [5.74, 6) is 3.37. The van der Waals surface area contributed by atoms with E-state index in [1.54, 1.807) is 0 Å². The standard InChI is InChI=1S/C17H12N2O4/c1-3-13-10(5-6-20-13)7-11(1)16-18-17(23-19-16)12-2-4-14-15(8-12)22-9-21-14/h1-4,7-8H,5-6,9H2. The molecule has 23 heavy (non-hydrogen) atoms. The number of benzene rings is 2. The first kappa shape index (κ1) is 12.5. The van der Waals surface area contributed by atoms with Crippen LogP contribution in [0.2, 0.25) is 0 Å². The molecular formula is C17H12N2O4. The number of hydrogen-bond donors (Lipinski definition) is 0. The van der Waals surface area contributed by atoms with E-state index < -0.39 is 0 Å². The van der Waals surface area contributed by atoms with Crippen LogP contribution in [0.3, 0.4) is 0 Å². The van der Waals surface area contributed by atoms with E-state index in [-0.39, 0.29) is 6.79 Å². The van der Waals surface area contributed by atoms with Gasteiger partial charge >= 0.3 is 0 Å². The molecule has 0 radical (unpaired) electrons. The number of nitrogens with zero attached hydrogens (tertiary/aromatic N) is 2. The maximum absolute atomic E-state index is 5.52. The van der Waals surface area contributed by atoms with Crippen LogP contribution in [0.15, 0.2) is 40.9 Å². The molecule has 0 unspecified atom stereocenters. The van der Waals surface area contributed by atoms with E-state index in [9.17, 15) is 0 Å². The molecule has 2 aromatic carbocycles. The molecule has 2 aliphatic heterocycles. The summed E-state index contributed by atoms with van der Waals surface area (Å²) in [5.41, 5.74) is 2.90. The van der Waals surface area contributed by atoms with Crippen molar-refractivity contribution < 1.29 is 18.7 Å². The summed E-state index contributed by atoms with van der Waals surface area (Å²) in [6.07, 6.45) is 0.913. The van der Waals surface area contributed by atoms with Gasteiger partial charge in [0.25, 0.3) is 5.89 Å². The maximum atomic E-state index is 5.52. The smallest absolute Gasteiger partial charge is 0.258 e. The van der Waals surface area contributed by atoms with Gasteiger partial charge in [-0.15, -0.1) is 0 Å². The molecule has 1 aromatic heterocycles. The second kappa shape index (κ2) is 4.74. The number of rotatable bonds is 2. The average Bonchev–Trinajstić information content (AvgIpc) is 3.32. The highest BCUT2D eigenvalue weighted by atomic mass is 16.7. The van der Waals surface area contributed by atoms with Crippen LogP contribution in [-0.4, -0.2) is 23.5 Å². The molecular weight excluding hydrogens is 296 g/mol. The first-order chi connectivity index (χ1) is 11.4. The van der Waals surface area contributed by atoms with Crippen molar-refractivity contribution in [2.24, 2.45) is 0 Å². The lowest BCUT2D eigenvalue weighted by atomic mass is 10.1. The summed E-state index contributed by atoms with van der Waals surface area (Å²) < 4.78 is 21.6. The van der Waals surface area contributed by atoms with Crippen molar-refractivity contribution >= 4 is 0 Å². The predicted molar refractivity (Wildman–Crippen MR) is 80.5 cm³/mol. The minimum atomic E-state index is 0.241. The van der Waals surface area contributed by atoms with E-state index >= 15 is 0 Å². The molecule has 0 saturated carbocycles. The molecule has 3 aromatic rings. The zero-order valence-corrected chi connectivity index (χ0v) is 12.1. The Labute approximate surface area is 131 Å². The molecule has 0 fully saturated rings. The highest BCUT2D eigenvalue weighted by molar-refractivity contribution is 5.64. The fourth-order valence-electron chi connectivity index (χ4n) is 2.81. The van der Waals surface area contributed by atoms with Crippen molar-refractivity contribution in [2.75, 3.05) is 13.4 Å². The van der Waals surface area contributed by atoms with Crippen molar-refractivity contribution in [2.45, 2.75) is 6.42 Å². The maximum Gasteiger partial charge on any atom is 0.258 e. The normalized spacial score (nSPS) is 14.6. The minimum Gasteiger partial charge on any atom is -0.493 e. The molecule has 0 amide bonds. The first-order valence-electron chi connectivity index (χ1n) is 7.37. The average molecular weight is 308 g/mol. The molecule has 6 heteroatoms. The fourth-order valence-corrected chi connectivity index (χ4v) is 2.81. The molecule has 0 saturated heterocycles. The van der Waals surface area contributed by atoms with Gasteiger partial charge in [-0.3, -0.25) is 0 Å². The predicted octanol–water partition coefficient (Wildman–Crippen LogP) is 3.07. The van der Waals surface area contributed by atoms with Crippen LogP contribution in [0.25, 0.3) is 22.8 Å². The lowest BCUT2D eigenvalue weighted by Crippen LogP contribution is -1.92. The Bertz CT molecular complexity index is 831. The van der Waals surface area contributed by atoms with Crippen LogP contribution >= 0.6 is 0 Å². The second-order valence-electron chi connectivity index (χ2n) is 5.41. The Kier molecular flexibility index (Phi) is 2.58. The van der Waals surface area contributed by atoms with Crippen LogP contribution in [-0.2, 0) is 6.42 Å². The third-order valence-electron chi connectivity index (χ3n) is 3.99. The molecule has 5 rings (SSSR count). The molecule has 0 aliphatic carbocycles. The van der Waals surface area contributed by atoms with Crippen LogP contribution < -0.4 is 14.2 Å². The van der Waals surface area contributed by atoms with Gasteiger partial charge < -0.3 is 18.7 Å². The zero-order chi connectivity index (χ0) is 15.2. The Hall–Kier alpha value is -3.02. The molecule has 114 valence electrons. The SMILES string of the molecule is c1cc2c(cc1-c1noc(-c3ccc4c(c3)OCO4)n1)CCO2. The molecule has 0 N–H and O–H groups in total. The van der Waals surface area contributed by atoms with E-state index in [0.717, 1.165) is 35.7 Å². The lowest BCUT2D eigenvalue weighted by Gasteiger charge is -1.99. The Morgan fingerprint density at radius 3 is 2.70 bits per heavy atom. The van der Waals surface area contributed by atoms with Gasteiger partial charge in [0.15, 0.2) is 11.5 Å². The topological polar surface area (TPSA) is 66.6 Å².